The topological polar surface area (TPSA) is 19.4 Å². The van der Waals surface area contributed by atoms with Crippen LogP contribution in [0.2, 0.25) is 0 Å². The summed E-state index contributed by atoms with van der Waals surface area (Å²) in [5.41, 5.74) is 1.35. The van der Waals surface area contributed by atoms with Gasteiger partial charge in [-0.2, -0.15) is 0 Å². The molecule has 0 aromatic carbocycles. The SMILES string of the molecule is ClCCN1CCN(Cc2ccncc2)CC1. The fraction of sp³-hybridized carbons (Fsp3) is 0.583. The zero-order chi connectivity index (χ0) is 11.2. The fourth-order valence-electron chi connectivity index (χ4n) is 2.04. The van der Waals surface area contributed by atoms with E-state index < -0.39 is 0 Å². The van der Waals surface area contributed by atoms with Gasteiger partial charge in [-0.1, -0.05) is 0 Å². The predicted molar refractivity (Wildman–Crippen MR) is 66.7 cm³/mol. The quantitative estimate of drug-likeness (QED) is 0.742. The van der Waals surface area contributed by atoms with Crippen molar-refractivity contribution >= 4 is 11.6 Å². The van der Waals surface area contributed by atoms with E-state index in [9.17, 15) is 0 Å². The van der Waals surface area contributed by atoms with Crippen molar-refractivity contribution in [1.29, 1.82) is 0 Å². The van der Waals surface area contributed by atoms with Crippen molar-refractivity contribution < 1.29 is 0 Å². The van der Waals surface area contributed by atoms with Crippen molar-refractivity contribution in [3.63, 3.8) is 0 Å². The number of nitrogens with zero attached hydrogens (tertiary/aromatic N) is 3. The van der Waals surface area contributed by atoms with E-state index in [1.165, 1.54) is 5.56 Å². The number of hydrogen-bond donors (Lipinski definition) is 0. The van der Waals surface area contributed by atoms with Crippen LogP contribution in [0.1, 0.15) is 5.56 Å². The van der Waals surface area contributed by atoms with Crippen molar-refractivity contribution in [2.45, 2.75) is 6.54 Å². The molecule has 1 aliphatic heterocycles. The van der Waals surface area contributed by atoms with E-state index in [1.807, 2.05) is 12.4 Å². The molecular weight excluding hydrogens is 222 g/mol. The summed E-state index contributed by atoms with van der Waals surface area (Å²) in [7, 11) is 0. The van der Waals surface area contributed by atoms with Crippen LogP contribution in [0, 0.1) is 0 Å². The molecule has 1 aromatic rings. The largest absolute Gasteiger partial charge is 0.300 e. The molecule has 0 saturated carbocycles. The molecular formula is C12H18ClN3. The van der Waals surface area contributed by atoms with E-state index in [2.05, 4.69) is 26.9 Å². The molecule has 3 nitrogen and oxygen atoms in total. The molecule has 16 heavy (non-hydrogen) atoms. The van der Waals surface area contributed by atoms with Gasteiger partial charge in [0.05, 0.1) is 0 Å². The van der Waals surface area contributed by atoms with Gasteiger partial charge in [0.15, 0.2) is 0 Å². The maximum absolute atomic E-state index is 5.74. The number of hydrogen-bond acceptors (Lipinski definition) is 3. The Hall–Kier alpha value is -0.640. The third kappa shape index (κ3) is 3.44. The highest BCUT2D eigenvalue weighted by molar-refractivity contribution is 6.18. The van der Waals surface area contributed by atoms with Crippen LogP contribution in [0.25, 0.3) is 0 Å². The van der Waals surface area contributed by atoms with Gasteiger partial charge in [-0.25, -0.2) is 0 Å². The zero-order valence-corrected chi connectivity index (χ0v) is 10.2. The lowest BCUT2D eigenvalue weighted by atomic mass is 10.2. The summed E-state index contributed by atoms with van der Waals surface area (Å²) < 4.78 is 0. The number of pyridine rings is 1. The van der Waals surface area contributed by atoms with Crippen LogP contribution in [0.3, 0.4) is 0 Å². The Kier molecular flexibility index (Phi) is 4.57. The fourth-order valence-corrected chi connectivity index (χ4v) is 2.28. The van der Waals surface area contributed by atoms with E-state index in [0.717, 1.165) is 45.1 Å². The normalized spacial score (nSPS) is 18.8. The minimum atomic E-state index is 0.740. The molecule has 0 atom stereocenters. The zero-order valence-electron chi connectivity index (χ0n) is 9.48. The molecule has 0 radical (unpaired) electrons. The minimum Gasteiger partial charge on any atom is -0.300 e. The molecule has 4 heteroatoms. The average molecular weight is 240 g/mol. The summed E-state index contributed by atoms with van der Waals surface area (Å²) in [6.07, 6.45) is 3.72. The van der Waals surface area contributed by atoms with Crippen molar-refractivity contribution in [3.8, 4) is 0 Å². The van der Waals surface area contributed by atoms with E-state index >= 15 is 0 Å². The Morgan fingerprint density at radius 1 is 1.06 bits per heavy atom. The lowest BCUT2D eigenvalue weighted by Gasteiger charge is -2.34. The van der Waals surface area contributed by atoms with Gasteiger partial charge in [0.2, 0.25) is 0 Å². The summed E-state index contributed by atoms with van der Waals surface area (Å²) >= 11 is 5.74. The van der Waals surface area contributed by atoms with Crippen LogP contribution in [0.5, 0.6) is 0 Å². The molecule has 1 aromatic heterocycles. The second-order valence-electron chi connectivity index (χ2n) is 4.16. The predicted octanol–water partition coefficient (Wildman–Crippen LogP) is 1.44. The molecule has 0 spiro atoms. The van der Waals surface area contributed by atoms with Gasteiger partial charge in [-0.3, -0.25) is 14.8 Å². The van der Waals surface area contributed by atoms with E-state index in [-0.39, 0.29) is 0 Å². The number of piperazine rings is 1. The van der Waals surface area contributed by atoms with E-state index in [1.54, 1.807) is 0 Å². The third-order valence-electron chi connectivity index (χ3n) is 3.02. The Morgan fingerprint density at radius 3 is 2.31 bits per heavy atom. The molecule has 0 N–H and O–H groups in total. The molecule has 1 aliphatic rings. The lowest BCUT2D eigenvalue weighted by molar-refractivity contribution is 0.132. The Labute approximate surface area is 102 Å². The Balaban J connectivity index is 1.77. The summed E-state index contributed by atoms with van der Waals surface area (Å²) in [6, 6.07) is 4.18. The maximum Gasteiger partial charge on any atom is 0.0351 e. The number of aromatic nitrogens is 1. The molecule has 2 heterocycles. The van der Waals surface area contributed by atoms with Crippen molar-refractivity contribution in [2.24, 2.45) is 0 Å². The molecule has 0 unspecified atom stereocenters. The summed E-state index contributed by atoms with van der Waals surface area (Å²) in [5, 5.41) is 0. The second-order valence-corrected chi connectivity index (χ2v) is 4.54. The average Bonchev–Trinajstić information content (AvgIpc) is 2.33. The van der Waals surface area contributed by atoms with Gasteiger partial charge in [-0.05, 0) is 17.7 Å². The smallest absolute Gasteiger partial charge is 0.0351 e. The van der Waals surface area contributed by atoms with Crippen LogP contribution in [0.15, 0.2) is 24.5 Å². The second kappa shape index (κ2) is 6.18. The van der Waals surface area contributed by atoms with Gasteiger partial charge in [0.1, 0.15) is 0 Å². The standard InChI is InChI=1S/C12H18ClN3/c13-3-6-15-7-9-16(10-8-15)11-12-1-4-14-5-2-12/h1-2,4-5H,3,6-11H2. The number of halogens is 1. The van der Waals surface area contributed by atoms with Gasteiger partial charge in [-0.15, -0.1) is 11.6 Å². The minimum absolute atomic E-state index is 0.740. The van der Waals surface area contributed by atoms with Gasteiger partial charge in [0, 0.05) is 57.5 Å². The molecule has 2 rings (SSSR count). The maximum atomic E-state index is 5.74. The molecule has 88 valence electrons. The van der Waals surface area contributed by atoms with Gasteiger partial charge in [0.25, 0.3) is 0 Å². The summed E-state index contributed by atoms with van der Waals surface area (Å²) in [5.74, 6) is 0.740. The van der Waals surface area contributed by atoms with E-state index in [0.29, 0.717) is 0 Å². The molecule has 0 aliphatic carbocycles. The van der Waals surface area contributed by atoms with E-state index in [4.69, 9.17) is 11.6 Å². The molecule has 0 amide bonds. The lowest BCUT2D eigenvalue weighted by Crippen LogP contribution is -2.46. The highest BCUT2D eigenvalue weighted by Crippen LogP contribution is 2.07. The van der Waals surface area contributed by atoms with Gasteiger partial charge < -0.3 is 0 Å². The number of rotatable bonds is 4. The molecule has 0 bridgehead atoms. The highest BCUT2D eigenvalue weighted by Gasteiger charge is 2.15. The highest BCUT2D eigenvalue weighted by atomic mass is 35.5. The number of alkyl halides is 1. The van der Waals surface area contributed by atoms with Crippen LogP contribution >= 0.6 is 11.6 Å². The van der Waals surface area contributed by atoms with Crippen molar-refractivity contribution in [2.75, 3.05) is 38.6 Å². The first-order valence-corrected chi connectivity index (χ1v) is 6.31. The first-order valence-electron chi connectivity index (χ1n) is 5.78. The van der Waals surface area contributed by atoms with Crippen molar-refractivity contribution in [1.82, 2.24) is 14.8 Å². The summed E-state index contributed by atoms with van der Waals surface area (Å²) in [4.78, 5) is 8.95. The third-order valence-corrected chi connectivity index (χ3v) is 3.19. The monoisotopic (exact) mass is 239 g/mol. The Bertz CT molecular complexity index is 296. The van der Waals surface area contributed by atoms with Crippen LogP contribution in [-0.2, 0) is 6.54 Å². The first-order chi connectivity index (χ1) is 7.88. The molecule has 1 fully saturated rings. The summed E-state index contributed by atoms with van der Waals surface area (Å²) in [6.45, 7) is 6.61. The molecule has 1 saturated heterocycles. The van der Waals surface area contributed by atoms with Gasteiger partial charge >= 0.3 is 0 Å². The van der Waals surface area contributed by atoms with Crippen LogP contribution in [0.4, 0.5) is 0 Å². The van der Waals surface area contributed by atoms with Crippen LogP contribution < -0.4 is 0 Å². The van der Waals surface area contributed by atoms with Crippen LogP contribution in [-0.4, -0.2) is 53.4 Å². The van der Waals surface area contributed by atoms with Crippen molar-refractivity contribution in [3.05, 3.63) is 30.1 Å². The Morgan fingerprint density at radius 2 is 1.69 bits per heavy atom. The first kappa shape index (κ1) is 11.8.